The van der Waals surface area contributed by atoms with E-state index in [1.165, 1.54) is 4.88 Å². The Balaban J connectivity index is 2.04. The highest BCUT2D eigenvalue weighted by atomic mass is 35.5. The summed E-state index contributed by atoms with van der Waals surface area (Å²) in [5, 5.41) is 4.75. The van der Waals surface area contributed by atoms with Crippen molar-refractivity contribution >= 4 is 28.8 Å². The molecule has 0 spiro atoms. The van der Waals surface area contributed by atoms with E-state index >= 15 is 0 Å². The maximum absolute atomic E-state index is 5.97. The average Bonchev–Trinajstić information content (AvgIpc) is 2.72. The monoisotopic (exact) mass is 282 g/mol. The van der Waals surface area contributed by atoms with Crippen LogP contribution in [0, 0.1) is 6.92 Å². The first-order valence-corrected chi connectivity index (χ1v) is 7.05. The quantitative estimate of drug-likeness (QED) is 0.853. The minimum Gasteiger partial charge on any atom is -0.363 e. The number of aromatic nitrogens is 3. The third-order valence-corrected chi connectivity index (χ3v) is 3.41. The standard InChI is InChI=1S/C12H15ClN4S/c1-3-4-10-16-9(13)5-11(17-10)14-7-12-15-6-8(2)18-12/h5-6H,3-4,7H2,1-2H3,(H,14,16,17). The molecule has 2 rings (SSSR count). The van der Waals surface area contributed by atoms with Crippen molar-refractivity contribution in [2.75, 3.05) is 5.32 Å². The topological polar surface area (TPSA) is 50.7 Å². The third-order valence-electron chi connectivity index (χ3n) is 2.30. The molecule has 2 heterocycles. The summed E-state index contributed by atoms with van der Waals surface area (Å²) < 4.78 is 0. The molecule has 0 aliphatic rings. The number of aryl methyl sites for hydroxylation is 2. The van der Waals surface area contributed by atoms with Crippen molar-refractivity contribution < 1.29 is 0 Å². The zero-order valence-electron chi connectivity index (χ0n) is 10.4. The minimum atomic E-state index is 0.478. The van der Waals surface area contributed by atoms with Crippen molar-refractivity contribution in [3.8, 4) is 0 Å². The summed E-state index contributed by atoms with van der Waals surface area (Å²) in [6.45, 7) is 4.80. The molecule has 96 valence electrons. The van der Waals surface area contributed by atoms with Gasteiger partial charge in [0.15, 0.2) is 0 Å². The van der Waals surface area contributed by atoms with Gasteiger partial charge in [-0.15, -0.1) is 11.3 Å². The van der Waals surface area contributed by atoms with Gasteiger partial charge in [-0.05, 0) is 13.3 Å². The second-order valence-corrected chi connectivity index (χ2v) is 5.67. The van der Waals surface area contributed by atoms with Crippen molar-refractivity contribution in [3.05, 3.63) is 33.1 Å². The van der Waals surface area contributed by atoms with Gasteiger partial charge in [0, 0.05) is 23.6 Å². The van der Waals surface area contributed by atoms with Crippen LogP contribution in [-0.2, 0) is 13.0 Å². The second kappa shape index (κ2) is 6.11. The van der Waals surface area contributed by atoms with Gasteiger partial charge in [-0.1, -0.05) is 18.5 Å². The first-order valence-electron chi connectivity index (χ1n) is 5.86. The molecule has 0 radical (unpaired) electrons. The molecule has 18 heavy (non-hydrogen) atoms. The zero-order chi connectivity index (χ0) is 13.0. The number of thiazole rings is 1. The Morgan fingerprint density at radius 3 is 2.89 bits per heavy atom. The van der Waals surface area contributed by atoms with Gasteiger partial charge in [0.2, 0.25) is 0 Å². The van der Waals surface area contributed by atoms with Gasteiger partial charge < -0.3 is 5.32 Å². The van der Waals surface area contributed by atoms with E-state index in [1.54, 1.807) is 17.4 Å². The molecule has 0 unspecified atom stereocenters. The highest BCUT2D eigenvalue weighted by molar-refractivity contribution is 7.11. The molecule has 0 aliphatic carbocycles. The van der Waals surface area contributed by atoms with Crippen LogP contribution in [0.5, 0.6) is 0 Å². The number of nitrogens with zero attached hydrogens (tertiary/aromatic N) is 3. The van der Waals surface area contributed by atoms with Crippen molar-refractivity contribution in [1.82, 2.24) is 15.0 Å². The van der Waals surface area contributed by atoms with E-state index in [1.807, 2.05) is 13.1 Å². The first kappa shape index (κ1) is 13.2. The maximum atomic E-state index is 5.97. The molecule has 1 N–H and O–H groups in total. The normalized spacial score (nSPS) is 10.6. The number of rotatable bonds is 5. The van der Waals surface area contributed by atoms with Crippen molar-refractivity contribution in [1.29, 1.82) is 0 Å². The molecule has 0 aliphatic heterocycles. The van der Waals surface area contributed by atoms with Gasteiger partial charge in [0.05, 0.1) is 6.54 Å². The van der Waals surface area contributed by atoms with Crippen molar-refractivity contribution in [2.24, 2.45) is 0 Å². The molecule has 2 aromatic rings. The van der Waals surface area contributed by atoms with E-state index in [-0.39, 0.29) is 0 Å². The maximum Gasteiger partial charge on any atom is 0.134 e. The van der Waals surface area contributed by atoms with Gasteiger partial charge in [0.1, 0.15) is 21.8 Å². The van der Waals surface area contributed by atoms with Gasteiger partial charge in [-0.25, -0.2) is 15.0 Å². The lowest BCUT2D eigenvalue weighted by Gasteiger charge is -2.06. The molecule has 4 nitrogen and oxygen atoms in total. The smallest absolute Gasteiger partial charge is 0.134 e. The first-order chi connectivity index (χ1) is 8.67. The summed E-state index contributed by atoms with van der Waals surface area (Å²) in [4.78, 5) is 14.1. The summed E-state index contributed by atoms with van der Waals surface area (Å²) in [5.74, 6) is 1.54. The molecule has 0 amide bonds. The lowest BCUT2D eigenvalue weighted by Crippen LogP contribution is -2.04. The Labute approximate surface area is 115 Å². The number of nitrogens with one attached hydrogen (secondary N) is 1. The van der Waals surface area contributed by atoms with E-state index < -0.39 is 0 Å². The highest BCUT2D eigenvalue weighted by Crippen LogP contribution is 2.16. The summed E-state index contributed by atoms with van der Waals surface area (Å²) in [6, 6.07) is 1.74. The Kier molecular flexibility index (Phi) is 4.49. The average molecular weight is 283 g/mol. The summed E-state index contributed by atoms with van der Waals surface area (Å²) in [6.07, 6.45) is 3.72. The van der Waals surface area contributed by atoms with E-state index in [9.17, 15) is 0 Å². The van der Waals surface area contributed by atoms with Crippen LogP contribution in [0.2, 0.25) is 5.15 Å². The van der Waals surface area contributed by atoms with Crippen molar-refractivity contribution in [2.45, 2.75) is 33.2 Å². The number of halogens is 1. The third kappa shape index (κ3) is 3.65. The SMILES string of the molecule is CCCc1nc(Cl)cc(NCc2ncc(C)s2)n1. The van der Waals surface area contributed by atoms with E-state index in [0.717, 1.165) is 29.5 Å². The summed E-state index contributed by atoms with van der Waals surface area (Å²) in [5.41, 5.74) is 0. The van der Waals surface area contributed by atoms with Crippen LogP contribution >= 0.6 is 22.9 Å². The molecule has 0 saturated carbocycles. The molecular formula is C12H15ClN4S. The molecule has 0 bridgehead atoms. The Morgan fingerprint density at radius 2 is 2.22 bits per heavy atom. The molecule has 0 saturated heterocycles. The van der Waals surface area contributed by atoms with Crippen molar-refractivity contribution in [3.63, 3.8) is 0 Å². The Bertz CT molecular complexity index is 527. The fourth-order valence-electron chi connectivity index (χ4n) is 1.54. The molecule has 0 atom stereocenters. The lowest BCUT2D eigenvalue weighted by atomic mass is 10.3. The van der Waals surface area contributed by atoms with E-state index in [2.05, 4.69) is 27.2 Å². The van der Waals surface area contributed by atoms with Crippen LogP contribution in [0.3, 0.4) is 0 Å². The lowest BCUT2D eigenvalue weighted by molar-refractivity contribution is 0.833. The molecule has 0 aromatic carbocycles. The van der Waals surface area contributed by atoms with E-state index in [4.69, 9.17) is 11.6 Å². The van der Waals surface area contributed by atoms with Crippen LogP contribution in [0.25, 0.3) is 0 Å². The predicted molar refractivity (Wildman–Crippen MR) is 75.2 cm³/mol. The Morgan fingerprint density at radius 1 is 1.39 bits per heavy atom. The number of hydrogen-bond acceptors (Lipinski definition) is 5. The zero-order valence-corrected chi connectivity index (χ0v) is 12.0. The van der Waals surface area contributed by atoms with Gasteiger partial charge in [-0.3, -0.25) is 0 Å². The minimum absolute atomic E-state index is 0.478. The molecule has 2 aromatic heterocycles. The van der Waals surface area contributed by atoms with E-state index in [0.29, 0.717) is 11.7 Å². The second-order valence-electron chi connectivity index (χ2n) is 3.96. The molecule has 0 fully saturated rings. The van der Waals surface area contributed by atoms with Crippen LogP contribution in [0.1, 0.15) is 29.1 Å². The fourth-order valence-corrected chi connectivity index (χ4v) is 2.47. The Hall–Kier alpha value is -1.20. The van der Waals surface area contributed by atoms with Crippen LogP contribution in [0.4, 0.5) is 5.82 Å². The summed E-state index contributed by atoms with van der Waals surface area (Å²) in [7, 11) is 0. The highest BCUT2D eigenvalue weighted by Gasteiger charge is 2.04. The summed E-state index contributed by atoms with van der Waals surface area (Å²) >= 11 is 7.64. The van der Waals surface area contributed by atoms with Gasteiger partial charge in [-0.2, -0.15) is 0 Å². The molecule has 6 heteroatoms. The van der Waals surface area contributed by atoms with Gasteiger partial charge in [0.25, 0.3) is 0 Å². The predicted octanol–water partition coefficient (Wildman–Crippen LogP) is 3.46. The molecular weight excluding hydrogens is 268 g/mol. The van der Waals surface area contributed by atoms with Crippen LogP contribution < -0.4 is 5.32 Å². The van der Waals surface area contributed by atoms with Gasteiger partial charge >= 0.3 is 0 Å². The number of anilines is 1. The van der Waals surface area contributed by atoms with Crippen LogP contribution in [0.15, 0.2) is 12.3 Å². The fraction of sp³-hybridized carbons (Fsp3) is 0.417. The van der Waals surface area contributed by atoms with Crippen LogP contribution in [-0.4, -0.2) is 15.0 Å². The largest absolute Gasteiger partial charge is 0.363 e. The number of hydrogen-bond donors (Lipinski definition) is 1.